The number of carbonyl (C=O) groups is 2. The van der Waals surface area contributed by atoms with Crippen LogP contribution in [0.25, 0.3) is 0 Å². The highest BCUT2D eigenvalue weighted by atomic mass is 16.5. The van der Waals surface area contributed by atoms with Crippen LogP contribution in [0.3, 0.4) is 0 Å². The molecule has 1 aromatic carbocycles. The maximum absolute atomic E-state index is 11.8. The molecule has 0 aliphatic heterocycles. The number of carbonyl (C=O) groups excluding carboxylic acids is 2. The highest BCUT2D eigenvalue weighted by Gasteiger charge is 2.04. The molecule has 110 valence electrons. The Balaban J connectivity index is 2.35. The third-order valence-electron chi connectivity index (χ3n) is 2.53. The summed E-state index contributed by atoms with van der Waals surface area (Å²) in [5.41, 5.74) is 1.49. The summed E-state index contributed by atoms with van der Waals surface area (Å²) in [5, 5.41) is 13.9. The minimum Gasteiger partial charge on any atom is -0.394 e. The van der Waals surface area contributed by atoms with E-state index < -0.39 is 0 Å². The first-order valence-electron chi connectivity index (χ1n) is 6.43. The minimum atomic E-state index is -0.177. The van der Waals surface area contributed by atoms with E-state index in [1.807, 2.05) is 0 Å². The van der Waals surface area contributed by atoms with Crippen LogP contribution in [-0.4, -0.2) is 43.3 Å². The van der Waals surface area contributed by atoms with Crippen LogP contribution in [0.5, 0.6) is 0 Å². The van der Waals surface area contributed by atoms with Gasteiger partial charge in [0.05, 0.1) is 19.8 Å². The van der Waals surface area contributed by atoms with Gasteiger partial charge in [-0.3, -0.25) is 9.59 Å². The SMILES string of the molecule is CC(=O)NCc1ccc(C(=O)NCCOCCO)cc1. The molecule has 0 fully saturated rings. The molecule has 0 spiro atoms. The monoisotopic (exact) mass is 280 g/mol. The van der Waals surface area contributed by atoms with Crippen LogP contribution < -0.4 is 10.6 Å². The Bertz CT molecular complexity index is 431. The van der Waals surface area contributed by atoms with Crippen LogP contribution >= 0.6 is 0 Å². The number of benzene rings is 1. The van der Waals surface area contributed by atoms with E-state index in [4.69, 9.17) is 9.84 Å². The van der Waals surface area contributed by atoms with Gasteiger partial charge >= 0.3 is 0 Å². The number of ether oxygens (including phenoxy) is 1. The van der Waals surface area contributed by atoms with Crippen LogP contribution in [0.15, 0.2) is 24.3 Å². The van der Waals surface area contributed by atoms with E-state index in [1.165, 1.54) is 6.92 Å². The van der Waals surface area contributed by atoms with E-state index in [0.29, 0.717) is 25.3 Å². The third kappa shape index (κ3) is 6.31. The van der Waals surface area contributed by atoms with Gasteiger partial charge in [-0.05, 0) is 17.7 Å². The van der Waals surface area contributed by atoms with Crippen molar-refractivity contribution in [3.05, 3.63) is 35.4 Å². The summed E-state index contributed by atoms with van der Waals surface area (Å²) < 4.78 is 5.04. The van der Waals surface area contributed by atoms with E-state index in [2.05, 4.69) is 10.6 Å². The third-order valence-corrected chi connectivity index (χ3v) is 2.53. The van der Waals surface area contributed by atoms with Gasteiger partial charge in [-0.25, -0.2) is 0 Å². The molecule has 0 heterocycles. The Morgan fingerprint density at radius 3 is 2.45 bits per heavy atom. The smallest absolute Gasteiger partial charge is 0.251 e. The zero-order chi connectivity index (χ0) is 14.8. The molecule has 0 saturated heterocycles. The fourth-order valence-electron chi connectivity index (χ4n) is 1.51. The summed E-state index contributed by atoms with van der Waals surface area (Å²) in [5.74, 6) is -0.265. The molecule has 0 aliphatic rings. The molecule has 0 saturated carbocycles. The molecule has 20 heavy (non-hydrogen) atoms. The quantitative estimate of drug-likeness (QED) is 0.588. The second-order valence-corrected chi connectivity index (χ2v) is 4.20. The van der Waals surface area contributed by atoms with Gasteiger partial charge in [0.25, 0.3) is 5.91 Å². The number of nitrogens with one attached hydrogen (secondary N) is 2. The maximum atomic E-state index is 11.8. The van der Waals surface area contributed by atoms with Crippen molar-refractivity contribution >= 4 is 11.8 Å². The Labute approximate surface area is 118 Å². The molecule has 3 N–H and O–H groups in total. The zero-order valence-electron chi connectivity index (χ0n) is 11.5. The molecule has 1 rings (SSSR count). The standard InChI is InChI=1S/C14H20N2O4/c1-11(18)16-10-12-2-4-13(5-3-12)14(19)15-6-8-20-9-7-17/h2-5,17H,6-10H2,1H3,(H,15,19)(H,16,18). The van der Waals surface area contributed by atoms with Gasteiger partial charge in [-0.1, -0.05) is 12.1 Å². The molecule has 2 amide bonds. The highest BCUT2D eigenvalue weighted by Crippen LogP contribution is 2.04. The second kappa shape index (κ2) is 9.06. The van der Waals surface area contributed by atoms with Crippen LogP contribution in [0.4, 0.5) is 0 Å². The Kier molecular flexibility index (Phi) is 7.31. The lowest BCUT2D eigenvalue weighted by Gasteiger charge is -2.07. The van der Waals surface area contributed by atoms with Gasteiger partial charge in [0, 0.05) is 25.6 Å². The second-order valence-electron chi connectivity index (χ2n) is 4.20. The molecule has 6 heteroatoms. The lowest BCUT2D eigenvalue weighted by molar-refractivity contribution is -0.119. The van der Waals surface area contributed by atoms with Crippen molar-refractivity contribution in [3.63, 3.8) is 0 Å². The fraction of sp³-hybridized carbons (Fsp3) is 0.429. The number of amides is 2. The summed E-state index contributed by atoms with van der Waals surface area (Å²) in [6.45, 7) is 2.92. The number of rotatable bonds is 8. The van der Waals surface area contributed by atoms with Gasteiger partial charge in [0.2, 0.25) is 5.91 Å². The van der Waals surface area contributed by atoms with Crippen LogP contribution in [0.2, 0.25) is 0 Å². The molecular weight excluding hydrogens is 260 g/mol. The molecule has 6 nitrogen and oxygen atoms in total. The number of hydrogen-bond donors (Lipinski definition) is 3. The molecule has 0 unspecified atom stereocenters. The summed E-state index contributed by atoms with van der Waals surface area (Å²) in [6, 6.07) is 7.02. The summed E-state index contributed by atoms with van der Waals surface area (Å²) >= 11 is 0. The lowest BCUT2D eigenvalue weighted by Crippen LogP contribution is -2.27. The summed E-state index contributed by atoms with van der Waals surface area (Å²) in [6.07, 6.45) is 0. The van der Waals surface area contributed by atoms with Crippen molar-refractivity contribution in [3.8, 4) is 0 Å². The Morgan fingerprint density at radius 2 is 1.85 bits per heavy atom. The van der Waals surface area contributed by atoms with Crippen molar-refractivity contribution in [1.29, 1.82) is 0 Å². The van der Waals surface area contributed by atoms with E-state index in [1.54, 1.807) is 24.3 Å². The van der Waals surface area contributed by atoms with Gasteiger partial charge < -0.3 is 20.5 Å². The van der Waals surface area contributed by atoms with Crippen molar-refractivity contribution in [1.82, 2.24) is 10.6 Å². The van der Waals surface area contributed by atoms with Gasteiger partial charge in [-0.2, -0.15) is 0 Å². The average molecular weight is 280 g/mol. The molecular formula is C14H20N2O4. The van der Waals surface area contributed by atoms with E-state index in [9.17, 15) is 9.59 Å². The Morgan fingerprint density at radius 1 is 1.15 bits per heavy atom. The zero-order valence-corrected chi connectivity index (χ0v) is 11.5. The normalized spacial score (nSPS) is 10.1. The molecule has 0 aliphatic carbocycles. The first-order chi connectivity index (χ1) is 9.63. The van der Waals surface area contributed by atoms with Crippen LogP contribution in [-0.2, 0) is 16.1 Å². The van der Waals surface area contributed by atoms with Crippen LogP contribution in [0.1, 0.15) is 22.8 Å². The van der Waals surface area contributed by atoms with E-state index in [-0.39, 0.29) is 25.0 Å². The summed E-state index contributed by atoms with van der Waals surface area (Å²) in [7, 11) is 0. The van der Waals surface area contributed by atoms with Crippen LogP contribution in [0, 0.1) is 0 Å². The molecule has 0 radical (unpaired) electrons. The number of aliphatic hydroxyl groups is 1. The summed E-state index contributed by atoms with van der Waals surface area (Å²) in [4.78, 5) is 22.6. The molecule has 0 aromatic heterocycles. The maximum Gasteiger partial charge on any atom is 0.251 e. The van der Waals surface area contributed by atoms with Gasteiger partial charge in [-0.15, -0.1) is 0 Å². The lowest BCUT2D eigenvalue weighted by atomic mass is 10.1. The van der Waals surface area contributed by atoms with Crippen molar-refractivity contribution in [2.45, 2.75) is 13.5 Å². The largest absolute Gasteiger partial charge is 0.394 e. The molecule has 0 bridgehead atoms. The van der Waals surface area contributed by atoms with E-state index >= 15 is 0 Å². The fourth-order valence-corrected chi connectivity index (χ4v) is 1.51. The topological polar surface area (TPSA) is 87.7 Å². The van der Waals surface area contributed by atoms with Gasteiger partial charge in [0.1, 0.15) is 0 Å². The average Bonchev–Trinajstić information content (AvgIpc) is 2.45. The minimum absolute atomic E-state index is 0.0241. The van der Waals surface area contributed by atoms with E-state index in [0.717, 1.165) is 5.56 Å². The predicted molar refractivity (Wildman–Crippen MR) is 74.2 cm³/mol. The molecule has 1 aromatic rings. The Hall–Kier alpha value is -1.92. The first kappa shape index (κ1) is 16.1. The van der Waals surface area contributed by atoms with Crippen molar-refractivity contribution in [2.24, 2.45) is 0 Å². The number of hydrogen-bond acceptors (Lipinski definition) is 4. The molecule has 0 atom stereocenters. The van der Waals surface area contributed by atoms with Crippen molar-refractivity contribution in [2.75, 3.05) is 26.4 Å². The highest BCUT2D eigenvalue weighted by molar-refractivity contribution is 5.94. The number of aliphatic hydroxyl groups excluding tert-OH is 1. The first-order valence-corrected chi connectivity index (χ1v) is 6.43. The van der Waals surface area contributed by atoms with Crippen molar-refractivity contribution < 1.29 is 19.4 Å². The van der Waals surface area contributed by atoms with Gasteiger partial charge in [0.15, 0.2) is 0 Å². The predicted octanol–water partition coefficient (Wildman–Crippen LogP) is 0.0614.